The summed E-state index contributed by atoms with van der Waals surface area (Å²) in [7, 11) is 1.57. The number of rotatable bonds is 5. The molecule has 0 aromatic heterocycles. The highest BCUT2D eigenvalue weighted by atomic mass is 16.6. The fourth-order valence-corrected chi connectivity index (χ4v) is 3.54. The minimum Gasteiger partial charge on any atom is -0.497 e. The number of nitro groups is 1. The zero-order valence-corrected chi connectivity index (χ0v) is 14.2. The van der Waals surface area contributed by atoms with E-state index in [2.05, 4.69) is 0 Å². The Morgan fingerprint density at radius 3 is 2.28 bits per heavy atom. The fourth-order valence-electron chi connectivity index (χ4n) is 3.54. The molecule has 0 radical (unpaired) electrons. The van der Waals surface area contributed by atoms with Crippen LogP contribution in [0.15, 0.2) is 54.6 Å². The van der Waals surface area contributed by atoms with E-state index in [-0.39, 0.29) is 10.8 Å². The number of nitrogens with zero attached hydrogens (tertiary/aromatic N) is 2. The molecule has 0 saturated carbocycles. The summed E-state index contributed by atoms with van der Waals surface area (Å²) in [5.74, 6) is -0.171. The summed E-state index contributed by atoms with van der Waals surface area (Å²) < 4.78 is 5.16. The Balaban J connectivity index is 2.11. The van der Waals surface area contributed by atoms with Crippen LogP contribution in [0.4, 0.5) is 5.69 Å². The van der Waals surface area contributed by atoms with Crippen molar-refractivity contribution in [3.63, 3.8) is 0 Å². The third kappa shape index (κ3) is 2.95. The van der Waals surface area contributed by atoms with Crippen LogP contribution in [0.5, 0.6) is 5.75 Å². The Labute approximate surface area is 146 Å². The molecule has 2 aromatic carbocycles. The number of amides is 1. The van der Waals surface area contributed by atoms with Crippen LogP contribution in [-0.2, 0) is 4.79 Å². The maximum absolute atomic E-state index is 13.0. The van der Waals surface area contributed by atoms with Crippen LogP contribution in [0.1, 0.15) is 24.9 Å². The average Bonchev–Trinajstić information content (AvgIpc) is 2.95. The smallest absolute Gasteiger partial charge is 0.249 e. The monoisotopic (exact) mass is 340 g/mol. The lowest BCUT2D eigenvalue weighted by molar-refractivity contribution is -0.530. The van der Waals surface area contributed by atoms with E-state index in [1.165, 1.54) is 0 Å². The highest BCUT2D eigenvalue weighted by Crippen LogP contribution is 2.42. The number of methoxy groups -OCH3 is 1. The maximum atomic E-state index is 13.0. The van der Waals surface area contributed by atoms with Gasteiger partial charge in [0, 0.05) is 10.6 Å². The molecule has 25 heavy (non-hydrogen) atoms. The highest BCUT2D eigenvalue weighted by molar-refractivity contribution is 5.99. The number of anilines is 1. The molecular weight excluding hydrogens is 320 g/mol. The first kappa shape index (κ1) is 17.0. The second kappa shape index (κ2) is 6.93. The molecule has 0 N–H and O–H groups in total. The molecule has 1 saturated heterocycles. The van der Waals surface area contributed by atoms with Gasteiger partial charge in [-0.15, -0.1) is 0 Å². The Morgan fingerprint density at radius 1 is 1.12 bits per heavy atom. The first-order valence-corrected chi connectivity index (χ1v) is 8.24. The quantitative estimate of drug-likeness (QED) is 0.617. The van der Waals surface area contributed by atoms with Crippen molar-refractivity contribution in [1.82, 2.24) is 0 Å². The number of hydrogen-bond acceptors (Lipinski definition) is 4. The van der Waals surface area contributed by atoms with Gasteiger partial charge < -0.3 is 4.74 Å². The van der Waals surface area contributed by atoms with E-state index in [9.17, 15) is 14.9 Å². The molecule has 0 aliphatic carbocycles. The van der Waals surface area contributed by atoms with Gasteiger partial charge in [0.1, 0.15) is 17.7 Å². The van der Waals surface area contributed by atoms with Crippen molar-refractivity contribution in [2.45, 2.75) is 25.4 Å². The Kier molecular flexibility index (Phi) is 4.70. The van der Waals surface area contributed by atoms with Gasteiger partial charge in [-0.25, -0.2) is 0 Å². The Hall–Kier alpha value is -2.89. The van der Waals surface area contributed by atoms with Crippen LogP contribution in [-0.4, -0.2) is 24.0 Å². The molecule has 1 fully saturated rings. The van der Waals surface area contributed by atoms with Crippen molar-refractivity contribution in [3.05, 3.63) is 70.3 Å². The topological polar surface area (TPSA) is 72.7 Å². The van der Waals surface area contributed by atoms with E-state index >= 15 is 0 Å². The number of ether oxygens (including phenoxy) is 1. The first-order chi connectivity index (χ1) is 12.1. The number of carbonyl (C=O) groups is 1. The third-order valence-corrected chi connectivity index (χ3v) is 4.74. The van der Waals surface area contributed by atoms with E-state index in [1.807, 2.05) is 37.3 Å². The molecule has 3 rings (SSSR count). The lowest BCUT2D eigenvalue weighted by atomic mass is 9.92. The van der Waals surface area contributed by atoms with Crippen molar-refractivity contribution in [2.24, 2.45) is 5.92 Å². The Morgan fingerprint density at radius 2 is 1.76 bits per heavy atom. The first-order valence-electron chi connectivity index (χ1n) is 8.24. The summed E-state index contributed by atoms with van der Waals surface area (Å²) in [6, 6.07) is 14.6. The van der Waals surface area contributed by atoms with E-state index in [1.54, 1.807) is 36.3 Å². The maximum Gasteiger partial charge on any atom is 0.249 e. The molecule has 0 bridgehead atoms. The van der Waals surface area contributed by atoms with Gasteiger partial charge in [0.15, 0.2) is 0 Å². The normalized spacial score (nSPS) is 22.9. The summed E-state index contributed by atoms with van der Waals surface area (Å²) in [5.41, 5.74) is 1.41. The molecular formula is C19H20N2O4. The van der Waals surface area contributed by atoms with Crippen molar-refractivity contribution >= 4 is 11.6 Å². The highest BCUT2D eigenvalue weighted by Gasteiger charge is 2.55. The number of hydrogen-bond donors (Lipinski definition) is 0. The van der Waals surface area contributed by atoms with Crippen molar-refractivity contribution < 1.29 is 14.5 Å². The largest absolute Gasteiger partial charge is 0.497 e. The van der Waals surface area contributed by atoms with Gasteiger partial charge in [-0.3, -0.25) is 19.8 Å². The molecule has 6 heteroatoms. The molecule has 6 nitrogen and oxygen atoms in total. The van der Waals surface area contributed by atoms with Crippen LogP contribution in [0.3, 0.4) is 0 Å². The van der Waals surface area contributed by atoms with Crippen LogP contribution in [0.25, 0.3) is 0 Å². The molecule has 130 valence electrons. The average molecular weight is 340 g/mol. The lowest BCUT2D eigenvalue weighted by Crippen LogP contribution is -2.33. The van der Waals surface area contributed by atoms with Crippen LogP contribution < -0.4 is 9.64 Å². The summed E-state index contributed by atoms with van der Waals surface area (Å²) in [4.78, 5) is 26.0. The van der Waals surface area contributed by atoms with E-state index in [4.69, 9.17) is 4.74 Å². The van der Waals surface area contributed by atoms with Gasteiger partial charge in [0.05, 0.1) is 7.11 Å². The molecule has 1 amide bonds. The molecule has 3 atom stereocenters. The van der Waals surface area contributed by atoms with Gasteiger partial charge in [-0.2, -0.15) is 0 Å². The SMILES string of the molecule is CC[C@@H]1C(=O)N(c2ccc(OC)cc2)[C@H](c2ccccc2)[C@H]1[N+](=O)[O-]. The number of carbonyl (C=O) groups excluding carboxylic acids is 1. The lowest BCUT2D eigenvalue weighted by Gasteiger charge is -2.25. The predicted molar refractivity (Wildman–Crippen MR) is 94.2 cm³/mol. The van der Waals surface area contributed by atoms with E-state index in [0.717, 1.165) is 5.56 Å². The Bertz CT molecular complexity index is 761. The molecule has 0 spiro atoms. The fraction of sp³-hybridized carbons (Fsp3) is 0.316. The standard InChI is InChI=1S/C19H20N2O4/c1-3-16-18(21(23)24)17(13-7-5-4-6-8-13)20(19(16)22)14-9-11-15(25-2)12-10-14/h4-12,16-18H,3H2,1-2H3/t16-,17+,18-/m0/s1. The minimum absolute atomic E-state index is 0.205. The van der Waals surface area contributed by atoms with Crippen molar-refractivity contribution in [1.29, 1.82) is 0 Å². The molecule has 1 heterocycles. The summed E-state index contributed by atoms with van der Waals surface area (Å²) in [6.45, 7) is 1.82. The van der Waals surface area contributed by atoms with Crippen LogP contribution in [0, 0.1) is 16.0 Å². The van der Waals surface area contributed by atoms with E-state index < -0.39 is 18.0 Å². The third-order valence-electron chi connectivity index (χ3n) is 4.74. The molecule has 2 aromatic rings. The second-order valence-electron chi connectivity index (χ2n) is 6.05. The van der Waals surface area contributed by atoms with Crippen LogP contribution in [0.2, 0.25) is 0 Å². The van der Waals surface area contributed by atoms with E-state index in [0.29, 0.717) is 17.9 Å². The van der Waals surface area contributed by atoms with Crippen molar-refractivity contribution in [3.8, 4) is 5.75 Å². The van der Waals surface area contributed by atoms with Gasteiger partial charge in [0.2, 0.25) is 11.9 Å². The minimum atomic E-state index is -0.970. The molecule has 0 unspecified atom stereocenters. The van der Waals surface area contributed by atoms with Gasteiger partial charge in [-0.1, -0.05) is 37.3 Å². The van der Waals surface area contributed by atoms with Gasteiger partial charge in [0.25, 0.3) is 0 Å². The summed E-state index contributed by atoms with van der Waals surface area (Å²) >= 11 is 0. The zero-order chi connectivity index (χ0) is 18.0. The van der Waals surface area contributed by atoms with Gasteiger partial charge >= 0.3 is 0 Å². The number of benzene rings is 2. The van der Waals surface area contributed by atoms with Gasteiger partial charge in [-0.05, 0) is 36.2 Å². The molecule has 1 aliphatic heterocycles. The molecule has 1 aliphatic rings. The summed E-state index contributed by atoms with van der Waals surface area (Å²) in [6.07, 6.45) is 0.431. The van der Waals surface area contributed by atoms with Crippen molar-refractivity contribution in [2.75, 3.05) is 12.0 Å². The van der Waals surface area contributed by atoms with Crippen LogP contribution >= 0.6 is 0 Å². The second-order valence-corrected chi connectivity index (χ2v) is 6.05. The zero-order valence-electron chi connectivity index (χ0n) is 14.2. The summed E-state index contributed by atoms with van der Waals surface area (Å²) in [5, 5.41) is 11.8. The predicted octanol–water partition coefficient (Wildman–Crippen LogP) is 3.45.